The minimum absolute atomic E-state index is 0.311. The van der Waals surface area contributed by atoms with Crippen LogP contribution < -0.4 is 5.32 Å². The molecule has 0 radical (unpaired) electrons. The monoisotopic (exact) mass is 233 g/mol. The Morgan fingerprint density at radius 3 is 2.76 bits per heavy atom. The summed E-state index contributed by atoms with van der Waals surface area (Å²) in [5.41, 5.74) is 2.32. The fourth-order valence-electron chi connectivity index (χ4n) is 1.93. The smallest absolute Gasteiger partial charge is 0.0637 e. The Balaban J connectivity index is 1.81. The van der Waals surface area contributed by atoms with E-state index in [2.05, 4.69) is 28.5 Å². The predicted molar refractivity (Wildman–Crippen MR) is 66.5 cm³/mol. The first-order valence-corrected chi connectivity index (χ1v) is 5.86. The summed E-state index contributed by atoms with van der Waals surface area (Å²) in [7, 11) is 3.90. The summed E-state index contributed by atoms with van der Waals surface area (Å²) in [5.74, 6) is 0. The first-order chi connectivity index (χ1) is 8.16. The lowest BCUT2D eigenvalue weighted by Crippen LogP contribution is -2.23. The Morgan fingerprint density at radius 2 is 2.18 bits per heavy atom. The maximum atomic E-state index is 4.35. The van der Waals surface area contributed by atoms with Crippen LogP contribution in [0.25, 0.3) is 0 Å². The molecule has 0 aliphatic rings. The molecule has 2 rings (SSSR count). The maximum absolute atomic E-state index is 4.35. The highest BCUT2D eigenvalue weighted by Gasteiger charge is 2.08. The summed E-state index contributed by atoms with van der Waals surface area (Å²) in [6, 6.07) is 4.40. The van der Waals surface area contributed by atoms with Gasteiger partial charge in [0.05, 0.1) is 11.4 Å². The van der Waals surface area contributed by atoms with Crippen molar-refractivity contribution in [3.63, 3.8) is 0 Å². The Bertz CT molecular complexity index is 471. The van der Waals surface area contributed by atoms with E-state index in [1.165, 1.54) is 5.69 Å². The zero-order valence-electron chi connectivity index (χ0n) is 10.6. The highest BCUT2D eigenvalue weighted by atomic mass is 15.3. The molecule has 2 aromatic heterocycles. The molecule has 0 saturated heterocycles. The van der Waals surface area contributed by atoms with Crippen LogP contribution in [0, 0.1) is 0 Å². The van der Waals surface area contributed by atoms with E-state index in [1.54, 1.807) is 0 Å². The highest BCUT2D eigenvalue weighted by molar-refractivity contribution is 5.05. The molecule has 1 unspecified atom stereocenters. The number of rotatable bonds is 5. The highest BCUT2D eigenvalue weighted by Crippen LogP contribution is 2.09. The Morgan fingerprint density at radius 1 is 1.35 bits per heavy atom. The molecule has 0 bridgehead atoms. The SMILES string of the molecule is CC(NCCc1ccn(C)n1)c1ccnn1C. The van der Waals surface area contributed by atoms with Gasteiger partial charge in [-0.25, -0.2) is 0 Å². The van der Waals surface area contributed by atoms with Gasteiger partial charge in [-0.3, -0.25) is 9.36 Å². The molecule has 2 heterocycles. The summed E-state index contributed by atoms with van der Waals surface area (Å²) < 4.78 is 3.73. The molecule has 0 saturated carbocycles. The van der Waals surface area contributed by atoms with Gasteiger partial charge in [0.1, 0.15) is 0 Å². The van der Waals surface area contributed by atoms with Crippen LogP contribution in [0.1, 0.15) is 24.4 Å². The quantitative estimate of drug-likeness (QED) is 0.839. The molecule has 92 valence electrons. The third-order valence-corrected chi connectivity index (χ3v) is 2.90. The van der Waals surface area contributed by atoms with Crippen molar-refractivity contribution in [3.8, 4) is 0 Å². The average molecular weight is 233 g/mol. The van der Waals surface area contributed by atoms with Crippen molar-refractivity contribution < 1.29 is 0 Å². The number of nitrogens with zero attached hydrogens (tertiary/aromatic N) is 4. The number of nitrogens with one attached hydrogen (secondary N) is 1. The van der Waals surface area contributed by atoms with Crippen molar-refractivity contribution in [2.45, 2.75) is 19.4 Å². The topological polar surface area (TPSA) is 47.7 Å². The van der Waals surface area contributed by atoms with Crippen molar-refractivity contribution in [3.05, 3.63) is 35.9 Å². The van der Waals surface area contributed by atoms with Crippen LogP contribution in [-0.4, -0.2) is 26.1 Å². The molecule has 0 spiro atoms. The minimum Gasteiger partial charge on any atom is -0.308 e. The van der Waals surface area contributed by atoms with Gasteiger partial charge in [-0.1, -0.05) is 0 Å². The fraction of sp³-hybridized carbons (Fsp3) is 0.500. The van der Waals surface area contributed by atoms with Gasteiger partial charge < -0.3 is 5.32 Å². The fourth-order valence-corrected chi connectivity index (χ4v) is 1.93. The van der Waals surface area contributed by atoms with Crippen LogP contribution in [-0.2, 0) is 20.5 Å². The van der Waals surface area contributed by atoms with E-state index < -0.39 is 0 Å². The lowest BCUT2D eigenvalue weighted by molar-refractivity contribution is 0.530. The van der Waals surface area contributed by atoms with E-state index in [9.17, 15) is 0 Å². The summed E-state index contributed by atoms with van der Waals surface area (Å²) in [5, 5.41) is 12.0. The van der Waals surface area contributed by atoms with Crippen LogP contribution in [0.3, 0.4) is 0 Å². The Kier molecular flexibility index (Phi) is 3.58. The molecule has 1 atom stereocenters. The summed E-state index contributed by atoms with van der Waals surface area (Å²) in [4.78, 5) is 0. The van der Waals surface area contributed by atoms with Gasteiger partial charge in [-0.15, -0.1) is 0 Å². The van der Waals surface area contributed by atoms with E-state index in [0.29, 0.717) is 6.04 Å². The standard InChI is InChI=1S/C12H19N5/c1-10(12-5-8-14-17(12)3)13-7-4-11-6-9-16(2)15-11/h5-6,8-10,13H,4,7H2,1-3H3. The van der Waals surface area contributed by atoms with Crippen LogP contribution >= 0.6 is 0 Å². The lowest BCUT2D eigenvalue weighted by Gasteiger charge is -2.13. The van der Waals surface area contributed by atoms with E-state index >= 15 is 0 Å². The molecule has 0 aliphatic heterocycles. The Labute approximate surface area is 101 Å². The van der Waals surface area contributed by atoms with Crippen molar-refractivity contribution in [2.75, 3.05) is 6.54 Å². The molecule has 0 fully saturated rings. The molecule has 1 N–H and O–H groups in total. The van der Waals surface area contributed by atoms with E-state index in [1.807, 2.05) is 41.9 Å². The van der Waals surface area contributed by atoms with E-state index in [4.69, 9.17) is 0 Å². The largest absolute Gasteiger partial charge is 0.308 e. The molecule has 17 heavy (non-hydrogen) atoms. The molecule has 5 nitrogen and oxygen atoms in total. The molecule has 0 aromatic carbocycles. The minimum atomic E-state index is 0.311. The van der Waals surface area contributed by atoms with Crippen molar-refractivity contribution in [2.24, 2.45) is 14.1 Å². The van der Waals surface area contributed by atoms with Crippen LogP contribution in [0.15, 0.2) is 24.5 Å². The number of aromatic nitrogens is 4. The molecule has 5 heteroatoms. The zero-order chi connectivity index (χ0) is 12.3. The van der Waals surface area contributed by atoms with Gasteiger partial charge in [-0.2, -0.15) is 10.2 Å². The second-order valence-electron chi connectivity index (χ2n) is 4.29. The number of hydrogen-bond acceptors (Lipinski definition) is 3. The van der Waals surface area contributed by atoms with Crippen molar-refractivity contribution in [1.29, 1.82) is 0 Å². The first kappa shape index (κ1) is 11.9. The number of hydrogen-bond donors (Lipinski definition) is 1. The normalized spacial score (nSPS) is 12.9. The maximum Gasteiger partial charge on any atom is 0.0637 e. The molecular formula is C12H19N5. The second-order valence-corrected chi connectivity index (χ2v) is 4.29. The molecule has 2 aromatic rings. The second kappa shape index (κ2) is 5.14. The van der Waals surface area contributed by atoms with Gasteiger partial charge in [0.25, 0.3) is 0 Å². The molecular weight excluding hydrogens is 214 g/mol. The third-order valence-electron chi connectivity index (χ3n) is 2.90. The summed E-state index contributed by atoms with van der Waals surface area (Å²) in [6.07, 6.45) is 4.75. The van der Waals surface area contributed by atoms with Crippen molar-refractivity contribution in [1.82, 2.24) is 24.9 Å². The molecule has 0 amide bonds. The molecule has 0 aliphatic carbocycles. The summed E-state index contributed by atoms with van der Waals surface area (Å²) >= 11 is 0. The van der Waals surface area contributed by atoms with E-state index in [0.717, 1.165) is 18.7 Å². The first-order valence-electron chi connectivity index (χ1n) is 5.86. The predicted octanol–water partition coefficient (Wildman–Crippen LogP) is 1.05. The van der Waals surface area contributed by atoms with Crippen LogP contribution in [0.5, 0.6) is 0 Å². The van der Waals surface area contributed by atoms with Gasteiger partial charge in [-0.05, 0) is 19.1 Å². The van der Waals surface area contributed by atoms with Crippen molar-refractivity contribution >= 4 is 0 Å². The van der Waals surface area contributed by atoms with Gasteiger partial charge in [0.15, 0.2) is 0 Å². The van der Waals surface area contributed by atoms with Crippen LogP contribution in [0.4, 0.5) is 0 Å². The third kappa shape index (κ3) is 2.94. The van der Waals surface area contributed by atoms with Gasteiger partial charge >= 0.3 is 0 Å². The zero-order valence-corrected chi connectivity index (χ0v) is 10.6. The number of aryl methyl sites for hydroxylation is 2. The van der Waals surface area contributed by atoms with Gasteiger partial charge in [0.2, 0.25) is 0 Å². The van der Waals surface area contributed by atoms with Crippen LogP contribution in [0.2, 0.25) is 0 Å². The van der Waals surface area contributed by atoms with Gasteiger partial charge in [0, 0.05) is 45.5 Å². The average Bonchev–Trinajstić information content (AvgIpc) is 2.87. The Hall–Kier alpha value is -1.62. The van der Waals surface area contributed by atoms with E-state index in [-0.39, 0.29) is 0 Å². The summed E-state index contributed by atoms with van der Waals surface area (Å²) in [6.45, 7) is 3.07. The lowest BCUT2D eigenvalue weighted by atomic mass is 10.2.